The minimum absolute atomic E-state index is 0.0308. The Labute approximate surface area is 282 Å². The molecule has 3 aromatic rings. The monoisotopic (exact) mass is 671 g/mol. The molecule has 0 unspecified atom stereocenters. The number of carbonyl (C=O) groups excluding carboxylic acids is 3. The Morgan fingerprint density at radius 3 is 2.25 bits per heavy atom. The number of nitrogens with zero attached hydrogens (tertiary/aromatic N) is 4. The molecular formula is C37H45N5O5S. The van der Waals surface area contributed by atoms with Crippen LogP contribution in [0.25, 0.3) is 28.2 Å². The van der Waals surface area contributed by atoms with E-state index in [1.54, 1.807) is 12.1 Å². The zero-order valence-electron chi connectivity index (χ0n) is 27.9. The summed E-state index contributed by atoms with van der Waals surface area (Å²) in [7, 11) is -1.23. The van der Waals surface area contributed by atoms with Crippen LogP contribution in [-0.4, -0.2) is 85.1 Å². The molecule has 1 aliphatic carbocycles. The van der Waals surface area contributed by atoms with Crippen molar-refractivity contribution in [2.24, 2.45) is 5.92 Å². The molecule has 0 radical (unpaired) electrons. The highest BCUT2D eigenvalue weighted by Crippen LogP contribution is 2.46. The van der Waals surface area contributed by atoms with Gasteiger partial charge in [0, 0.05) is 73.8 Å². The molecule has 3 fully saturated rings. The maximum atomic E-state index is 14.3. The van der Waals surface area contributed by atoms with Crippen molar-refractivity contribution >= 4 is 44.9 Å². The van der Waals surface area contributed by atoms with Gasteiger partial charge in [-0.25, -0.2) is 4.72 Å². The van der Waals surface area contributed by atoms with Crippen LogP contribution in [0.5, 0.6) is 0 Å². The lowest BCUT2D eigenvalue weighted by molar-refractivity contribution is -0.138. The molecule has 1 N–H and O–H groups in total. The van der Waals surface area contributed by atoms with Crippen LogP contribution in [-0.2, 0) is 26.3 Å². The summed E-state index contributed by atoms with van der Waals surface area (Å²) < 4.78 is 30.3. The summed E-state index contributed by atoms with van der Waals surface area (Å²) in [6.07, 6.45) is 11.2. The molecule has 3 amide bonds. The lowest BCUT2D eigenvalue weighted by Crippen LogP contribution is -2.44. The van der Waals surface area contributed by atoms with E-state index in [9.17, 15) is 22.8 Å². The van der Waals surface area contributed by atoms with E-state index < -0.39 is 16.1 Å². The van der Waals surface area contributed by atoms with Crippen molar-refractivity contribution in [2.75, 3.05) is 40.3 Å². The summed E-state index contributed by atoms with van der Waals surface area (Å²) in [5, 5.41) is 1.04. The first-order valence-corrected chi connectivity index (χ1v) is 18.8. The zero-order chi connectivity index (χ0) is 33.6. The Balaban J connectivity index is 1.27. The SMILES string of the molecule is CN(C)S(=O)(=O)NC(=O)c1ccc2c(C3CCCCC3)c3n(c2c1)CC(C(=O)N1CCC(C(=O)N2CCCC2)CC1)=Cc1ccccc1-3. The third-order valence-electron chi connectivity index (χ3n) is 10.8. The lowest BCUT2D eigenvalue weighted by atomic mass is 9.81. The second kappa shape index (κ2) is 13.2. The molecule has 3 aliphatic heterocycles. The topological polar surface area (TPSA) is 112 Å². The van der Waals surface area contributed by atoms with Gasteiger partial charge in [0.1, 0.15) is 0 Å². The molecule has 2 saturated heterocycles. The van der Waals surface area contributed by atoms with Gasteiger partial charge in [-0.2, -0.15) is 12.7 Å². The zero-order valence-corrected chi connectivity index (χ0v) is 28.7. The number of benzene rings is 2. The average Bonchev–Trinajstić information content (AvgIpc) is 3.71. The lowest BCUT2D eigenvalue weighted by Gasteiger charge is -2.33. The van der Waals surface area contributed by atoms with Gasteiger partial charge in [-0.1, -0.05) is 49.6 Å². The number of aromatic nitrogens is 1. The highest BCUT2D eigenvalue weighted by molar-refractivity contribution is 7.87. The van der Waals surface area contributed by atoms with Crippen LogP contribution in [0.2, 0.25) is 0 Å². The Morgan fingerprint density at radius 1 is 0.833 bits per heavy atom. The molecular weight excluding hydrogens is 627 g/mol. The molecule has 0 atom stereocenters. The van der Waals surface area contributed by atoms with Crippen LogP contribution in [0.3, 0.4) is 0 Å². The number of likely N-dealkylation sites (tertiary alicyclic amines) is 2. The Bertz CT molecular complexity index is 1890. The van der Waals surface area contributed by atoms with E-state index in [4.69, 9.17) is 0 Å². The van der Waals surface area contributed by atoms with E-state index >= 15 is 0 Å². The molecule has 4 heterocycles. The second-order valence-corrected chi connectivity index (χ2v) is 15.9. The number of piperidine rings is 1. The summed E-state index contributed by atoms with van der Waals surface area (Å²) in [5.41, 5.74) is 6.05. The van der Waals surface area contributed by atoms with E-state index in [1.807, 2.05) is 34.1 Å². The number of fused-ring (bicyclic) bond motifs is 5. The predicted octanol–water partition coefficient (Wildman–Crippen LogP) is 5.15. The molecule has 0 spiro atoms. The van der Waals surface area contributed by atoms with Crippen LogP contribution < -0.4 is 4.72 Å². The highest BCUT2D eigenvalue weighted by Gasteiger charge is 2.34. The van der Waals surface area contributed by atoms with Crippen LogP contribution in [0.15, 0.2) is 48.0 Å². The van der Waals surface area contributed by atoms with E-state index in [0.29, 0.717) is 44.0 Å². The first-order chi connectivity index (χ1) is 23.1. The Hall–Kier alpha value is -3.96. The normalized spacial score (nSPS) is 19.2. The van der Waals surface area contributed by atoms with Crippen LogP contribution in [0.4, 0.5) is 0 Å². The molecule has 254 valence electrons. The summed E-state index contributed by atoms with van der Waals surface area (Å²) >= 11 is 0. The molecule has 10 nitrogen and oxygen atoms in total. The standard InChI is InChI=1S/C37H45N5O5S/c1-39(2)48(46,47)38-35(43)28-14-15-31-32(23-28)42-24-29(37(45)41-20-16-26(17-21-41)36(44)40-18-8-9-19-40)22-27-12-6-7-13-30(27)34(42)33(31)25-10-4-3-5-11-25/h6-7,12-15,22-23,25-26H,3-5,8-11,16-21,24H2,1-2H3,(H,38,43). The third kappa shape index (κ3) is 6.07. The van der Waals surface area contributed by atoms with Crippen molar-refractivity contribution in [3.63, 3.8) is 0 Å². The molecule has 7 rings (SSSR count). The second-order valence-electron chi connectivity index (χ2n) is 14.0. The van der Waals surface area contributed by atoms with Gasteiger partial charge in [0.2, 0.25) is 5.91 Å². The number of nitrogens with one attached hydrogen (secondary N) is 1. The van der Waals surface area contributed by atoms with Gasteiger partial charge in [0.15, 0.2) is 0 Å². The fourth-order valence-electron chi connectivity index (χ4n) is 8.14. The third-order valence-corrected chi connectivity index (χ3v) is 12.2. The maximum absolute atomic E-state index is 14.3. The molecule has 48 heavy (non-hydrogen) atoms. The summed E-state index contributed by atoms with van der Waals surface area (Å²) in [4.78, 5) is 44.5. The predicted molar refractivity (Wildman–Crippen MR) is 186 cm³/mol. The van der Waals surface area contributed by atoms with Crippen molar-refractivity contribution in [1.29, 1.82) is 0 Å². The average molecular weight is 672 g/mol. The van der Waals surface area contributed by atoms with Gasteiger partial charge >= 0.3 is 10.2 Å². The smallest absolute Gasteiger partial charge is 0.303 e. The van der Waals surface area contributed by atoms with Crippen LogP contribution in [0.1, 0.15) is 85.2 Å². The van der Waals surface area contributed by atoms with Crippen LogP contribution >= 0.6 is 0 Å². The van der Waals surface area contributed by atoms with E-state index in [2.05, 4.69) is 21.4 Å². The molecule has 1 saturated carbocycles. The number of hydrogen-bond donors (Lipinski definition) is 1. The quantitative estimate of drug-likeness (QED) is 0.390. The van der Waals surface area contributed by atoms with Crippen molar-refractivity contribution in [3.05, 3.63) is 64.7 Å². The highest BCUT2D eigenvalue weighted by atomic mass is 32.2. The molecule has 1 aromatic heterocycles. The number of hydrogen-bond acceptors (Lipinski definition) is 5. The van der Waals surface area contributed by atoms with Gasteiger partial charge in [0.05, 0.1) is 12.2 Å². The molecule has 4 aliphatic rings. The fraction of sp³-hybridized carbons (Fsp3) is 0.486. The first kappa shape index (κ1) is 32.6. The first-order valence-electron chi connectivity index (χ1n) is 17.4. The van der Waals surface area contributed by atoms with Crippen molar-refractivity contribution < 1.29 is 22.8 Å². The number of carbonyl (C=O) groups is 3. The van der Waals surface area contributed by atoms with E-state index in [1.165, 1.54) is 26.1 Å². The summed E-state index contributed by atoms with van der Waals surface area (Å²) in [6.45, 7) is 3.09. The van der Waals surface area contributed by atoms with Gasteiger partial charge in [-0.3, -0.25) is 14.4 Å². The summed E-state index contributed by atoms with van der Waals surface area (Å²) in [5.74, 6) is -0.192. The maximum Gasteiger partial charge on any atom is 0.303 e. The fourth-order valence-corrected chi connectivity index (χ4v) is 8.68. The van der Waals surface area contributed by atoms with Crippen molar-refractivity contribution in [1.82, 2.24) is 23.4 Å². The van der Waals surface area contributed by atoms with Gasteiger partial charge in [-0.05, 0) is 73.8 Å². The minimum atomic E-state index is -3.98. The Kier molecular flexibility index (Phi) is 8.93. The van der Waals surface area contributed by atoms with E-state index in [0.717, 1.165) is 83.6 Å². The van der Waals surface area contributed by atoms with E-state index in [-0.39, 0.29) is 23.3 Å². The summed E-state index contributed by atoms with van der Waals surface area (Å²) in [6, 6.07) is 13.6. The largest absolute Gasteiger partial charge is 0.342 e. The minimum Gasteiger partial charge on any atom is -0.342 e. The molecule has 0 bridgehead atoms. The number of rotatable bonds is 6. The van der Waals surface area contributed by atoms with Gasteiger partial charge in [0.25, 0.3) is 11.8 Å². The Morgan fingerprint density at radius 2 is 1.54 bits per heavy atom. The number of amides is 3. The van der Waals surface area contributed by atoms with Crippen molar-refractivity contribution in [2.45, 2.75) is 70.3 Å². The van der Waals surface area contributed by atoms with Gasteiger partial charge < -0.3 is 14.4 Å². The van der Waals surface area contributed by atoms with Gasteiger partial charge in [-0.15, -0.1) is 0 Å². The van der Waals surface area contributed by atoms with Crippen LogP contribution in [0, 0.1) is 5.92 Å². The molecule has 11 heteroatoms. The molecule has 2 aromatic carbocycles. The van der Waals surface area contributed by atoms with Crippen molar-refractivity contribution in [3.8, 4) is 11.3 Å².